The quantitative estimate of drug-likeness (QED) is 0.691. The highest BCUT2D eigenvalue weighted by Gasteiger charge is 2.12. The van der Waals surface area contributed by atoms with E-state index >= 15 is 0 Å². The predicted octanol–water partition coefficient (Wildman–Crippen LogP) is 3.57. The molecular weight excluding hydrogens is 272 g/mol. The van der Waals surface area contributed by atoms with E-state index in [-0.39, 0.29) is 5.91 Å². The van der Waals surface area contributed by atoms with Crippen molar-refractivity contribution in [1.29, 1.82) is 0 Å². The molecule has 0 bridgehead atoms. The molecule has 0 fully saturated rings. The Hall–Kier alpha value is -2.40. The van der Waals surface area contributed by atoms with Gasteiger partial charge in [0.05, 0.1) is 16.5 Å². The number of amides is 1. The molecule has 3 rings (SSSR count). The van der Waals surface area contributed by atoms with Gasteiger partial charge < -0.3 is 4.42 Å². The number of rotatable bonds is 3. The number of fused-ring (bicyclic) bond motifs is 1. The molecule has 0 aliphatic heterocycles. The Labute approximate surface area is 120 Å². The molecule has 2 heterocycles. The van der Waals surface area contributed by atoms with Gasteiger partial charge in [-0.1, -0.05) is 23.5 Å². The largest absolute Gasteiger partial charge is 0.465 e. The maximum atomic E-state index is 12.1. The number of aromatic nitrogens is 1. The van der Waals surface area contributed by atoms with Crippen molar-refractivity contribution >= 4 is 38.7 Å². The van der Waals surface area contributed by atoms with Gasteiger partial charge in [0.25, 0.3) is 5.91 Å². The third-order valence-corrected chi connectivity index (χ3v) is 3.95. The van der Waals surface area contributed by atoms with Crippen molar-refractivity contribution in [2.45, 2.75) is 0 Å². The lowest BCUT2D eigenvalue weighted by Gasteiger charge is -2.10. The summed E-state index contributed by atoms with van der Waals surface area (Å²) in [6.07, 6.45) is 4.69. The maximum Gasteiger partial charge on any atom is 0.252 e. The average Bonchev–Trinajstić information content (AvgIpc) is 3.12. The van der Waals surface area contributed by atoms with Crippen LogP contribution in [0.3, 0.4) is 0 Å². The van der Waals surface area contributed by atoms with Crippen LogP contribution < -0.4 is 4.90 Å². The van der Waals surface area contributed by atoms with Crippen LogP contribution >= 0.6 is 11.3 Å². The number of thiazole rings is 1. The van der Waals surface area contributed by atoms with Crippen molar-refractivity contribution < 1.29 is 9.21 Å². The first kappa shape index (κ1) is 12.6. The van der Waals surface area contributed by atoms with Crippen LogP contribution in [-0.2, 0) is 4.79 Å². The second-order valence-corrected chi connectivity index (χ2v) is 5.22. The highest BCUT2D eigenvalue weighted by atomic mass is 32.1. The highest BCUT2D eigenvalue weighted by molar-refractivity contribution is 7.22. The Morgan fingerprint density at radius 2 is 2.15 bits per heavy atom. The maximum absolute atomic E-state index is 12.1. The predicted molar refractivity (Wildman–Crippen MR) is 80.8 cm³/mol. The zero-order valence-corrected chi connectivity index (χ0v) is 11.6. The highest BCUT2D eigenvalue weighted by Crippen LogP contribution is 2.27. The van der Waals surface area contributed by atoms with E-state index in [4.69, 9.17) is 4.42 Å². The van der Waals surface area contributed by atoms with Crippen molar-refractivity contribution in [3.05, 3.63) is 54.5 Å². The van der Waals surface area contributed by atoms with E-state index in [0.717, 1.165) is 10.2 Å². The zero-order valence-electron chi connectivity index (χ0n) is 10.8. The van der Waals surface area contributed by atoms with Gasteiger partial charge in [-0.15, -0.1) is 0 Å². The van der Waals surface area contributed by atoms with Crippen LogP contribution in [0.15, 0.2) is 53.2 Å². The van der Waals surface area contributed by atoms with E-state index in [2.05, 4.69) is 4.98 Å². The van der Waals surface area contributed by atoms with E-state index in [1.807, 2.05) is 24.3 Å². The molecule has 0 atom stereocenters. The summed E-state index contributed by atoms with van der Waals surface area (Å²) < 4.78 is 6.21. The third-order valence-electron chi connectivity index (χ3n) is 2.83. The molecule has 1 amide bonds. The number of benzene rings is 1. The summed E-state index contributed by atoms with van der Waals surface area (Å²) in [4.78, 5) is 18.1. The number of furan rings is 1. The monoisotopic (exact) mass is 284 g/mol. The molecule has 0 radical (unpaired) electrons. The Balaban J connectivity index is 1.80. The van der Waals surface area contributed by atoms with E-state index in [1.54, 1.807) is 31.5 Å². The minimum atomic E-state index is -0.138. The Morgan fingerprint density at radius 1 is 1.30 bits per heavy atom. The second-order valence-electron chi connectivity index (χ2n) is 4.21. The SMILES string of the molecule is CN(C(=O)C=Cc1ccco1)c1nc2ccccc2s1. The van der Waals surface area contributed by atoms with Gasteiger partial charge in [-0.25, -0.2) is 4.98 Å². The standard InChI is InChI=1S/C15H12N2O2S/c1-17(14(18)9-8-11-5-4-10-19-11)15-16-12-6-2-3-7-13(12)20-15/h2-10H,1H3. The number of nitrogens with zero attached hydrogens (tertiary/aromatic N) is 2. The molecule has 4 nitrogen and oxygen atoms in total. The van der Waals surface area contributed by atoms with Gasteiger partial charge in [-0.05, 0) is 30.3 Å². The molecule has 1 aromatic carbocycles. The fraction of sp³-hybridized carbons (Fsp3) is 0.0667. The first-order valence-electron chi connectivity index (χ1n) is 6.09. The van der Waals surface area contributed by atoms with Gasteiger partial charge >= 0.3 is 0 Å². The number of likely N-dealkylation sites (N-methyl/N-ethyl adjacent to an activating group) is 1. The lowest BCUT2D eigenvalue weighted by Crippen LogP contribution is -2.23. The van der Waals surface area contributed by atoms with Gasteiger partial charge in [-0.2, -0.15) is 0 Å². The smallest absolute Gasteiger partial charge is 0.252 e. The molecule has 0 N–H and O–H groups in total. The third kappa shape index (κ3) is 2.48. The number of carbonyl (C=O) groups is 1. The summed E-state index contributed by atoms with van der Waals surface area (Å²) in [5.41, 5.74) is 0.905. The fourth-order valence-corrected chi connectivity index (χ4v) is 2.68. The number of hydrogen-bond acceptors (Lipinski definition) is 4. The Kier molecular flexibility index (Phi) is 3.35. The number of anilines is 1. The van der Waals surface area contributed by atoms with Crippen LogP contribution in [0.4, 0.5) is 5.13 Å². The van der Waals surface area contributed by atoms with Gasteiger partial charge in [0.2, 0.25) is 0 Å². The molecule has 2 aromatic heterocycles. The van der Waals surface area contributed by atoms with Crippen LogP contribution in [-0.4, -0.2) is 17.9 Å². The second kappa shape index (κ2) is 5.30. The summed E-state index contributed by atoms with van der Waals surface area (Å²) in [7, 11) is 1.71. The van der Waals surface area contributed by atoms with E-state index in [9.17, 15) is 4.79 Å². The van der Waals surface area contributed by atoms with Crippen molar-refractivity contribution in [2.24, 2.45) is 0 Å². The van der Waals surface area contributed by atoms with Crippen LogP contribution in [0.1, 0.15) is 5.76 Å². The molecule has 0 aliphatic carbocycles. The summed E-state index contributed by atoms with van der Waals surface area (Å²) in [5, 5.41) is 0.681. The molecular formula is C15H12N2O2S. The molecule has 0 aliphatic rings. The molecule has 0 saturated heterocycles. The molecule has 100 valence electrons. The number of para-hydroxylation sites is 1. The normalized spacial score (nSPS) is 11.2. The van der Waals surface area contributed by atoms with Crippen molar-refractivity contribution in [3.8, 4) is 0 Å². The molecule has 0 spiro atoms. The minimum absolute atomic E-state index is 0.138. The first-order chi connectivity index (χ1) is 9.74. The van der Waals surface area contributed by atoms with E-state index in [1.165, 1.54) is 22.3 Å². The lowest BCUT2D eigenvalue weighted by atomic mass is 10.3. The van der Waals surface area contributed by atoms with Crippen molar-refractivity contribution in [2.75, 3.05) is 11.9 Å². The van der Waals surface area contributed by atoms with Gasteiger partial charge in [0.1, 0.15) is 5.76 Å². The molecule has 3 aromatic rings. The summed E-state index contributed by atoms with van der Waals surface area (Å²) >= 11 is 1.49. The van der Waals surface area contributed by atoms with Gasteiger partial charge in [0.15, 0.2) is 5.13 Å². The number of carbonyl (C=O) groups excluding carboxylic acids is 1. The topological polar surface area (TPSA) is 46.3 Å². The van der Waals surface area contributed by atoms with Gasteiger partial charge in [0, 0.05) is 13.1 Å². The summed E-state index contributed by atoms with van der Waals surface area (Å²) in [6.45, 7) is 0. The summed E-state index contributed by atoms with van der Waals surface area (Å²) in [6, 6.07) is 11.4. The van der Waals surface area contributed by atoms with Crippen molar-refractivity contribution in [1.82, 2.24) is 4.98 Å². The van der Waals surface area contributed by atoms with E-state index < -0.39 is 0 Å². The minimum Gasteiger partial charge on any atom is -0.465 e. The van der Waals surface area contributed by atoms with E-state index in [0.29, 0.717) is 10.9 Å². The number of hydrogen-bond donors (Lipinski definition) is 0. The molecule has 0 saturated carbocycles. The fourth-order valence-electron chi connectivity index (χ4n) is 1.75. The van der Waals surface area contributed by atoms with Gasteiger partial charge in [-0.3, -0.25) is 9.69 Å². The van der Waals surface area contributed by atoms with Crippen LogP contribution in [0, 0.1) is 0 Å². The van der Waals surface area contributed by atoms with Crippen LogP contribution in [0.25, 0.3) is 16.3 Å². The lowest BCUT2D eigenvalue weighted by molar-refractivity contribution is -0.113. The Morgan fingerprint density at radius 3 is 2.90 bits per heavy atom. The zero-order chi connectivity index (χ0) is 13.9. The molecule has 20 heavy (non-hydrogen) atoms. The summed E-state index contributed by atoms with van der Waals surface area (Å²) in [5.74, 6) is 0.511. The molecule has 0 unspecified atom stereocenters. The Bertz CT molecular complexity index is 726. The van der Waals surface area contributed by atoms with Crippen molar-refractivity contribution in [3.63, 3.8) is 0 Å². The van der Waals surface area contributed by atoms with Crippen LogP contribution in [0.2, 0.25) is 0 Å². The first-order valence-corrected chi connectivity index (χ1v) is 6.90. The van der Waals surface area contributed by atoms with Crippen LogP contribution in [0.5, 0.6) is 0 Å². The molecule has 5 heteroatoms. The average molecular weight is 284 g/mol.